The first-order valence-electron chi connectivity index (χ1n) is 0.258. The van der Waals surface area contributed by atoms with E-state index in [9.17, 15) is 0 Å². The minimum absolute atomic E-state index is 0. The zero-order valence-electron chi connectivity index (χ0n) is 2.60. The van der Waals surface area contributed by atoms with Gasteiger partial charge in [0.1, 0.15) is 0 Å². The first kappa shape index (κ1) is 23.8. The molecule has 4 radical (unpaired) electrons. The van der Waals surface area contributed by atoms with E-state index in [2.05, 4.69) is 6.57 Å². The van der Waals surface area contributed by atoms with Gasteiger partial charge in [0.2, 0.25) is 0 Å². The molecular formula is CHBNNa. The van der Waals surface area contributed by atoms with Gasteiger partial charge in [0.05, 0.1) is 0 Å². The van der Waals surface area contributed by atoms with E-state index >= 15 is 0 Å². The minimum Gasteiger partial charge on any atom is -0.202 e. The standard InChI is InChI=1S/CHN.B.Na/c1-2;;/h1H;;. The van der Waals surface area contributed by atoms with E-state index in [1.54, 1.807) is 0 Å². The van der Waals surface area contributed by atoms with Crippen LogP contribution < -0.4 is 0 Å². The number of hydrogen-bond donors (Lipinski definition) is 0. The van der Waals surface area contributed by atoms with Crippen molar-refractivity contribution in [3.8, 4) is 6.57 Å². The predicted octanol–water partition coefficient (Wildman–Crippen LogP) is -0.622. The smallest absolute Gasteiger partial charge is 0.0462 e. The maximum absolute atomic E-state index is 6.50. The van der Waals surface area contributed by atoms with E-state index in [4.69, 9.17) is 5.26 Å². The maximum atomic E-state index is 6.50. The fourth-order valence-corrected chi connectivity index (χ4v) is 0. The number of nitriles is 1. The van der Waals surface area contributed by atoms with Crippen molar-refractivity contribution < 1.29 is 0 Å². The molecule has 0 unspecified atom stereocenters. The molecule has 0 aliphatic heterocycles. The van der Waals surface area contributed by atoms with Gasteiger partial charge in [0.25, 0.3) is 0 Å². The molecule has 0 amide bonds. The molecule has 0 aromatic rings. The summed E-state index contributed by atoms with van der Waals surface area (Å²) < 4.78 is 0. The van der Waals surface area contributed by atoms with Gasteiger partial charge in [-0.1, -0.05) is 0 Å². The molecule has 0 rings (SSSR count). The van der Waals surface area contributed by atoms with E-state index in [1.165, 1.54) is 0 Å². The number of nitrogens with zero attached hydrogens (tertiary/aromatic N) is 1. The van der Waals surface area contributed by atoms with Crippen LogP contribution in [0, 0.1) is 11.8 Å². The quantitative estimate of drug-likeness (QED) is 0.342. The van der Waals surface area contributed by atoms with Crippen LogP contribution in [0.3, 0.4) is 0 Å². The normalized spacial score (nSPS) is 0.500. The van der Waals surface area contributed by atoms with Crippen LogP contribution in [0.15, 0.2) is 0 Å². The van der Waals surface area contributed by atoms with Crippen LogP contribution in [-0.4, -0.2) is 38.0 Å². The van der Waals surface area contributed by atoms with Crippen molar-refractivity contribution in [1.82, 2.24) is 0 Å². The number of rotatable bonds is 0. The van der Waals surface area contributed by atoms with Crippen LogP contribution in [0.5, 0.6) is 0 Å². The Morgan fingerprint density at radius 2 is 1.25 bits per heavy atom. The fourth-order valence-electron chi connectivity index (χ4n) is 0. The molecule has 1 nitrogen and oxygen atoms in total. The molecule has 0 saturated heterocycles. The molecule has 0 aliphatic carbocycles. The molecule has 0 heterocycles. The Balaban J connectivity index is -0.00000000500. The molecule has 0 saturated carbocycles. The zero-order valence-corrected chi connectivity index (χ0v) is 4.60. The molecule has 3 heteroatoms. The van der Waals surface area contributed by atoms with Gasteiger partial charge in [-0.05, 0) is 0 Å². The molecule has 4 heavy (non-hydrogen) atoms. The van der Waals surface area contributed by atoms with Crippen molar-refractivity contribution in [1.29, 1.82) is 5.26 Å². The third kappa shape index (κ3) is 20.1. The van der Waals surface area contributed by atoms with Gasteiger partial charge >= 0.3 is 0 Å². The van der Waals surface area contributed by atoms with Gasteiger partial charge in [0, 0.05) is 44.5 Å². The maximum Gasteiger partial charge on any atom is 0.0462 e. The Morgan fingerprint density at radius 1 is 1.25 bits per heavy atom. The fraction of sp³-hybridized carbons (Fsp3) is 0. The monoisotopic (exact) mass is 61.0 g/mol. The summed E-state index contributed by atoms with van der Waals surface area (Å²) in [6.45, 7) is 3.50. The molecule has 0 bridgehead atoms. The molecule has 0 aromatic heterocycles. The summed E-state index contributed by atoms with van der Waals surface area (Å²) in [6.07, 6.45) is 0. The van der Waals surface area contributed by atoms with E-state index in [1.807, 2.05) is 0 Å². The molecule has 14 valence electrons. The average Bonchev–Trinajstić information content (AvgIpc) is 1.00. The van der Waals surface area contributed by atoms with Crippen LogP contribution in [0.1, 0.15) is 0 Å². The summed E-state index contributed by atoms with van der Waals surface area (Å²) >= 11 is 0. The van der Waals surface area contributed by atoms with Gasteiger partial charge < -0.3 is 0 Å². The number of hydrogen-bond acceptors (Lipinski definition) is 1. The van der Waals surface area contributed by atoms with Crippen LogP contribution >= 0.6 is 0 Å². The van der Waals surface area contributed by atoms with Crippen molar-refractivity contribution in [2.75, 3.05) is 0 Å². The molecule has 0 fully saturated rings. The minimum atomic E-state index is 0. The first-order valence-corrected chi connectivity index (χ1v) is 0.258. The van der Waals surface area contributed by atoms with Gasteiger partial charge in [-0.25, -0.2) is 5.26 Å². The summed E-state index contributed by atoms with van der Waals surface area (Å²) in [6, 6.07) is 0. The van der Waals surface area contributed by atoms with Gasteiger partial charge in [0.15, 0.2) is 0 Å². The molecule has 0 aliphatic rings. The van der Waals surface area contributed by atoms with Gasteiger partial charge in [-0.15, -0.1) is 0 Å². The van der Waals surface area contributed by atoms with Crippen molar-refractivity contribution in [3.63, 3.8) is 0 Å². The second-order valence-corrected chi connectivity index (χ2v) is 0. The summed E-state index contributed by atoms with van der Waals surface area (Å²) in [5.41, 5.74) is 0. The zero-order chi connectivity index (χ0) is 2.00. The molecule has 0 spiro atoms. The third-order valence-corrected chi connectivity index (χ3v) is 0. The summed E-state index contributed by atoms with van der Waals surface area (Å²) in [5, 5.41) is 6.50. The Morgan fingerprint density at radius 3 is 1.25 bits per heavy atom. The molecule has 0 atom stereocenters. The topological polar surface area (TPSA) is 23.8 Å². The Bertz CT molecular complexity index is 12.8. The summed E-state index contributed by atoms with van der Waals surface area (Å²) in [5.74, 6) is 0. The Hall–Kier alpha value is 0.555. The second-order valence-electron chi connectivity index (χ2n) is 0. The van der Waals surface area contributed by atoms with Crippen LogP contribution in [0.2, 0.25) is 0 Å². The molecule has 0 aromatic carbocycles. The SMILES string of the molecule is C#N.[B].[Na]. The Labute approximate surface area is 49.9 Å². The third-order valence-electron chi connectivity index (χ3n) is 0. The van der Waals surface area contributed by atoms with Crippen LogP contribution in [0.25, 0.3) is 0 Å². The van der Waals surface area contributed by atoms with Crippen molar-refractivity contribution in [2.45, 2.75) is 0 Å². The summed E-state index contributed by atoms with van der Waals surface area (Å²) in [7, 11) is 0. The van der Waals surface area contributed by atoms with Crippen molar-refractivity contribution in [3.05, 3.63) is 0 Å². The summed E-state index contributed by atoms with van der Waals surface area (Å²) in [4.78, 5) is 0. The average molecular weight is 60.8 g/mol. The first-order chi connectivity index (χ1) is 1.00. The largest absolute Gasteiger partial charge is 0.202 e. The van der Waals surface area contributed by atoms with Crippen LogP contribution in [0.4, 0.5) is 0 Å². The van der Waals surface area contributed by atoms with Crippen molar-refractivity contribution >= 4 is 38.0 Å². The van der Waals surface area contributed by atoms with Gasteiger partial charge in [-0.2, -0.15) is 0 Å². The molecular weight excluding hydrogens is 59.8 g/mol. The van der Waals surface area contributed by atoms with Crippen LogP contribution in [-0.2, 0) is 0 Å². The Kier molecular flexibility index (Phi) is 449. The van der Waals surface area contributed by atoms with E-state index in [0.717, 1.165) is 0 Å². The second kappa shape index (κ2) is 75.4. The predicted molar refractivity (Wildman–Crippen MR) is 18.2 cm³/mol. The van der Waals surface area contributed by atoms with E-state index in [0.29, 0.717) is 0 Å². The molecule has 0 N–H and O–H groups in total. The van der Waals surface area contributed by atoms with Gasteiger partial charge in [-0.3, -0.25) is 0 Å². The van der Waals surface area contributed by atoms with E-state index < -0.39 is 0 Å². The van der Waals surface area contributed by atoms with E-state index in [-0.39, 0.29) is 38.0 Å². The van der Waals surface area contributed by atoms with Crippen molar-refractivity contribution in [2.24, 2.45) is 0 Å².